The van der Waals surface area contributed by atoms with Crippen LogP contribution in [0.3, 0.4) is 0 Å². The van der Waals surface area contributed by atoms with Crippen LogP contribution in [0.5, 0.6) is 0 Å². The predicted octanol–water partition coefficient (Wildman–Crippen LogP) is 11.1. The lowest BCUT2D eigenvalue weighted by Crippen LogP contribution is -2.28. The van der Waals surface area contributed by atoms with Gasteiger partial charge in [0.15, 0.2) is 6.10 Å². The van der Waals surface area contributed by atoms with Gasteiger partial charge < -0.3 is 29.9 Å². The Morgan fingerprint density at radius 2 is 1.05 bits per heavy atom. The highest BCUT2D eigenvalue weighted by Gasteiger charge is 2.17. The Labute approximate surface area is 342 Å². The van der Waals surface area contributed by atoms with E-state index in [4.69, 9.17) is 9.47 Å². The van der Waals surface area contributed by atoms with Crippen LogP contribution in [-0.2, 0) is 19.1 Å². The molecule has 0 aliphatic heterocycles. The van der Waals surface area contributed by atoms with Crippen LogP contribution in [0.4, 0.5) is 0 Å². The second-order valence-electron chi connectivity index (χ2n) is 15.6. The van der Waals surface area contributed by atoms with E-state index in [-0.39, 0.29) is 25.9 Å². The summed E-state index contributed by atoms with van der Waals surface area (Å²) in [4.78, 5) is 24.4. The smallest absolute Gasteiger partial charge is 0.306 e. The molecule has 0 aromatic heterocycles. The number of aliphatic hydroxyl groups is 4. The Balaban J connectivity index is 3.79. The number of unbranched alkanes of at least 4 members (excludes halogenated alkanes) is 17. The lowest BCUT2D eigenvalue weighted by Gasteiger charge is -2.16. The molecule has 8 nitrogen and oxygen atoms in total. The molecule has 0 saturated carbocycles. The van der Waals surface area contributed by atoms with Gasteiger partial charge in [-0.3, -0.25) is 9.59 Å². The molecule has 0 radical (unpaired) electrons. The van der Waals surface area contributed by atoms with Crippen LogP contribution in [0.1, 0.15) is 188 Å². The molecule has 0 amide bonds. The largest absolute Gasteiger partial charge is 0.462 e. The third-order valence-corrected chi connectivity index (χ3v) is 10.2. The number of rotatable bonds is 39. The molecule has 5 atom stereocenters. The summed E-state index contributed by atoms with van der Waals surface area (Å²) in [6, 6.07) is 0. The zero-order chi connectivity index (χ0) is 41.3. The van der Waals surface area contributed by atoms with Gasteiger partial charge in [-0.15, -0.1) is 0 Å². The molecule has 56 heavy (non-hydrogen) atoms. The van der Waals surface area contributed by atoms with E-state index in [2.05, 4.69) is 13.8 Å². The maximum absolute atomic E-state index is 12.2. The molecule has 0 aromatic rings. The average Bonchev–Trinajstić information content (AvgIpc) is 3.19. The normalized spacial score (nSPS) is 15.1. The van der Waals surface area contributed by atoms with E-state index in [0.717, 1.165) is 31.6 Å². The molecule has 1 unspecified atom stereocenters. The average molecular weight is 789 g/mol. The number of hydrogen-bond acceptors (Lipinski definition) is 8. The quantitative estimate of drug-likeness (QED) is 0.0209. The van der Waals surface area contributed by atoms with Gasteiger partial charge in [0.05, 0.1) is 24.9 Å². The SMILES string of the molecule is CC/C=C\C[C@@H](O)/C=C/C=C/C=C\C=C/[C@H](O)[C@@H](O)CCCC(=O)OC[C@H](CO)OC(=O)CCCCCCCCCCCCCCCCCCCCC(C)CC. The van der Waals surface area contributed by atoms with Crippen LogP contribution >= 0.6 is 0 Å². The van der Waals surface area contributed by atoms with Crippen LogP contribution in [-0.4, -0.2) is 70.0 Å². The Bertz CT molecular complexity index is 1050. The van der Waals surface area contributed by atoms with Crippen molar-refractivity contribution in [3.8, 4) is 0 Å². The number of hydrogen-bond donors (Lipinski definition) is 4. The minimum Gasteiger partial charge on any atom is -0.462 e. The summed E-state index contributed by atoms with van der Waals surface area (Å²) in [6.07, 6.45) is 42.3. The molecule has 0 fully saturated rings. The summed E-state index contributed by atoms with van der Waals surface area (Å²) in [5.74, 6) is -0.0204. The minimum atomic E-state index is -1.09. The van der Waals surface area contributed by atoms with Gasteiger partial charge in [-0.05, 0) is 38.0 Å². The molecule has 0 spiro atoms. The van der Waals surface area contributed by atoms with Gasteiger partial charge in [-0.25, -0.2) is 0 Å². The highest BCUT2D eigenvalue weighted by Crippen LogP contribution is 2.17. The zero-order valence-corrected chi connectivity index (χ0v) is 35.9. The van der Waals surface area contributed by atoms with E-state index < -0.39 is 43.0 Å². The number of esters is 2. The summed E-state index contributed by atoms with van der Waals surface area (Å²) in [5.41, 5.74) is 0. The summed E-state index contributed by atoms with van der Waals surface area (Å²) < 4.78 is 10.5. The van der Waals surface area contributed by atoms with Crippen LogP contribution in [0.25, 0.3) is 0 Å². The minimum absolute atomic E-state index is 0.0282. The van der Waals surface area contributed by atoms with Crippen molar-refractivity contribution in [2.45, 2.75) is 212 Å². The molecule has 4 N–H and O–H groups in total. The first-order chi connectivity index (χ1) is 27.2. The molecule has 0 bridgehead atoms. The molecule has 0 rings (SSSR count). The Morgan fingerprint density at radius 1 is 0.571 bits per heavy atom. The predicted molar refractivity (Wildman–Crippen MR) is 232 cm³/mol. The Morgan fingerprint density at radius 3 is 1.57 bits per heavy atom. The second kappa shape index (κ2) is 40.7. The molecule has 0 aliphatic carbocycles. The van der Waals surface area contributed by atoms with Crippen molar-refractivity contribution in [1.29, 1.82) is 0 Å². The van der Waals surface area contributed by atoms with Gasteiger partial charge in [0.1, 0.15) is 6.61 Å². The summed E-state index contributed by atoms with van der Waals surface area (Å²) in [5, 5.41) is 39.8. The van der Waals surface area contributed by atoms with Crippen LogP contribution in [0.2, 0.25) is 0 Å². The van der Waals surface area contributed by atoms with E-state index in [1.807, 2.05) is 19.1 Å². The summed E-state index contributed by atoms with van der Waals surface area (Å²) in [6.45, 7) is 6.06. The number of carbonyl (C=O) groups excluding carboxylic acids is 2. The molecule has 8 heteroatoms. The fraction of sp³-hybridized carbons (Fsp3) is 0.750. The number of allylic oxidation sites excluding steroid dienone is 7. The molecule has 0 saturated heterocycles. The van der Waals surface area contributed by atoms with Crippen LogP contribution < -0.4 is 0 Å². The molecular weight excluding hydrogens is 705 g/mol. The highest BCUT2D eigenvalue weighted by molar-refractivity contribution is 5.70. The van der Waals surface area contributed by atoms with E-state index in [1.165, 1.54) is 115 Å². The summed E-state index contributed by atoms with van der Waals surface area (Å²) >= 11 is 0. The van der Waals surface area contributed by atoms with Crippen molar-refractivity contribution in [2.75, 3.05) is 13.2 Å². The maximum Gasteiger partial charge on any atom is 0.306 e. The first-order valence-electron chi connectivity index (χ1n) is 22.6. The van der Waals surface area contributed by atoms with Gasteiger partial charge in [-0.2, -0.15) is 0 Å². The highest BCUT2D eigenvalue weighted by atomic mass is 16.6. The molecule has 324 valence electrons. The fourth-order valence-corrected chi connectivity index (χ4v) is 6.28. The van der Waals surface area contributed by atoms with Gasteiger partial charge in [-0.1, -0.05) is 204 Å². The van der Waals surface area contributed by atoms with E-state index in [1.54, 1.807) is 42.5 Å². The summed E-state index contributed by atoms with van der Waals surface area (Å²) in [7, 11) is 0. The van der Waals surface area contributed by atoms with Crippen molar-refractivity contribution >= 4 is 11.9 Å². The first-order valence-corrected chi connectivity index (χ1v) is 22.6. The second-order valence-corrected chi connectivity index (χ2v) is 15.6. The number of carbonyl (C=O) groups is 2. The molecule has 0 aromatic carbocycles. The molecule has 0 heterocycles. The van der Waals surface area contributed by atoms with Crippen molar-refractivity contribution in [3.63, 3.8) is 0 Å². The number of aliphatic hydroxyl groups excluding tert-OH is 4. The number of ether oxygens (including phenoxy) is 2. The maximum atomic E-state index is 12.2. The van der Waals surface area contributed by atoms with E-state index >= 15 is 0 Å². The monoisotopic (exact) mass is 789 g/mol. The van der Waals surface area contributed by atoms with E-state index in [0.29, 0.717) is 12.8 Å². The lowest BCUT2D eigenvalue weighted by atomic mass is 9.99. The third-order valence-electron chi connectivity index (χ3n) is 10.2. The van der Waals surface area contributed by atoms with Crippen LogP contribution in [0.15, 0.2) is 60.8 Å². The lowest BCUT2D eigenvalue weighted by molar-refractivity contribution is -0.161. The standard InChI is InChI=1S/C48H84O8/c1-4-6-27-34-43(50)35-29-24-21-22-25-30-36-45(51)46(52)37-32-39-47(53)55-41-44(40-49)56-48(54)38-31-26-20-18-16-14-12-10-8-7-9-11-13-15-17-19-23-28-33-42(3)5-2/h6,21-22,24-25,27,29-30,35-36,42-46,49-52H,4-5,7-20,23,26,28,31-34,37-41H2,1-3H3/b24-21+,25-22-,27-6-,35-29+,36-30-/t42?,43-,44+,45+,46+/m1/s1. The molecular formula is C48H84O8. The molecule has 0 aliphatic rings. The topological polar surface area (TPSA) is 134 Å². The van der Waals surface area contributed by atoms with Gasteiger partial charge in [0, 0.05) is 12.8 Å². The van der Waals surface area contributed by atoms with Crippen molar-refractivity contribution in [1.82, 2.24) is 0 Å². The van der Waals surface area contributed by atoms with Gasteiger partial charge in [0.25, 0.3) is 0 Å². The van der Waals surface area contributed by atoms with E-state index in [9.17, 15) is 30.0 Å². The fourth-order valence-electron chi connectivity index (χ4n) is 6.28. The third kappa shape index (κ3) is 37.1. The first kappa shape index (κ1) is 53.5. The Hall–Kier alpha value is -2.52. The Kier molecular flexibility index (Phi) is 38.8. The van der Waals surface area contributed by atoms with Crippen molar-refractivity contribution in [2.24, 2.45) is 5.92 Å². The van der Waals surface area contributed by atoms with Crippen LogP contribution in [0, 0.1) is 5.92 Å². The van der Waals surface area contributed by atoms with Gasteiger partial charge in [0.2, 0.25) is 0 Å². The van der Waals surface area contributed by atoms with Crippen molar-refractivity contribution < 1.29 is 39.5 Å². The zero-order valence-electron chi connectivity index (χ0n) is 35.9. The van der Waals surface area contributed by atoms with Crippen molar-refractivity contribution in [3.05, 3.63) is 60.8 Å². The van der Waals surface area contributed by atoms with Gasteiger partial charge >= 0.3 is 11.9 Å².